The van der Waals surface area contributed by atoms with Gasteiger partial charge in [-0.15, -0.1) is 11.3 Å². The summed E-state index contributed by atoms with van der Waals surface area (Å²) >= 11 is 4.53. The van der Waals surface area contributed by atoms with Crippen molar-refractivity contribution in [1.82, 2.24) is 0 Å². The summed E-state index contributed by atoms with van der Waals surface area (Å²) in [6.07, 6.45) is 0. The second-order valence-electron chi connectivity index (χ2n) is 2.19. The third-order valence-corrected chi connectivity index (χ3v) is 3.50. The van der Waals surface area contributed by atoms with Gasteiger partial charge in [-0.25, -0.2) is 4.79 Å². The maximum absolute atomic E-state index is 11.1. The van der Waals surface area contributed by atoms with E-state index in [4.69, 9.17) is 5.26 Å². The Morgan fingerprint density at radius 3 is 3.00 bits per heavy atom. The summed E-state index contributed by atoms with van der Waals surface area (Å²) in [4.78, 5) is 12.5. The quantitative estimate of drug-likeness (QED) is 0.605. The number of hydrogen-bond acceptors (Lipinski definition) is 4. The van der Waals surface area contributed by atoms with Crippen LogP contribution in [0.2, 0.25) is 0 Å². The molecular weight excluding hydrogens is 254 g/mol. The lowest BCUT2D eigenvalue weighted by Crippen LogP contribution is -1.99. The standard InChI is InChI=1S/C8H6BrNO2S/c1-12-8(11)7-5(4-10)2-6(3-9)13-7/h2H,3H2,1H3. The summed E-state index contributed by atoms with van der Waals surface area (Å²) in [5, 5.41) is 9.35. The Hall–Kier alpha value is -0.860. The van der Waals surface area contributed by atoms with Crippen molar-refractivity contribution in [2.45, 2.75) is 5.33 Å². The maximum atomic E-state index is 11.1. The average molecular weight is 260 g/mol. The number of ether oxygens (including phenoxy) is 1. The van der Waals surface area contributed by atoms with Crippen molar-refractivity contribution in [2.24, 2.45) is 0 Å². The topological polar surface area (TPSA) is 50.1 Å². The molecule has 13 heavy (non-hydrogen) atoms. The molecule has 0 bridgehead atoms. The highest BCUT2D eigenvalue weighted by Gasteiger charge is 2.15. The van der Waals surface area contributed by atoms with E-state index in [-0.39, 0.29) is 0 Å². The van der Waals surface area contributed by atoms with Gasteiger partial charge in [0.2, 0.25) is 0 Å². The molecule has 0 amide bonds. The smallest absolute Gasteiger partial charge is 0.349 e. The Labute approximate surface area is 88.1 Å². The minimum absolute atomic E-state index is 0.374. The van der Waals surface area contributed by atoms with E-state index >= 15 is 0 Å². The van der Waals surface area contributed by atoms with Gasteiger partial charge in [0, 0.05) is 10.2 Å². The zero-order valence-corrected chi connectivity index (χ0v) is 9.24. The molecule has 0 aliphatic carbocycles. The minimum Gasteiger partial charge on any atom is -0.465 e. The van der Waals surface area contributed by atoms with Crippen molar-refractivity contribution in [3.63, 3.8) is 0 Å². The van der Waals surface area contributed by atoms with Gasteiger partial charge in [-0.2, -0.15) is 5.26 Å². The Bertz CT molecular complexity index is 367. The molecule has 3 nitrogen and oxygen atoms in total. The molecule has 0 radical (unpaired) electrons. The van der Waals surface area contributed by atoms with Gasteiger partial charge in [0.1, 0.15) is 10.9 Å². The largest absolute Gasteiger partial charge is 0.465 e. The number of methoxy groups -OCH3 is 1. The van der Waals surface area contributed by atoms with Crippen LogP contribution in [0.15, 0.2) is 6.07 Å². The predicted octanol–water partition coefficient (Wildman–Crippen LogP) is 2.30. The molecule has 1 aromatic rings. The summed E-state index contributed by atoms with van der Waals surface area (Å²) in [5.41, 5.74) is 0.381. The molecule has 1 heterocycles. The number of halogens is 1. The van der Waals surface area contributed by atoms with Gasteiger partial charge in [-0.05, 0) is 6.07 Å². The van der Waals surface area contributed by atoms with Crippen LogP contribution >= 0.6 is 27.3 Å². The van der Waals surface area contributed by atoms with Gasteiger partial charge in [0.25, 0.3) is 0 Å². The number of esters is 1. The number of carbonyl (C=O) groups is 1. The summed E-state index contributed by atoms with van der Waals surface area (Å²) in [6, 6.07) is 3.64. The molecule has 0 saturated heterocycles. The van der Waals surface area contributed by atoms with Gasteiger partial charge in [0.15, 0.2) is 0 Å². The maximum Gasteiger partial charge on any atom is 0.349 e. The second-order valence-corrected chi connectivity index (χ2v) is 3.89. The molecule has 0 atom stereocenters. The number of thiophene rings is 1. The molecule has 68 valence electrons. The van der Waals surface area contributed by atoms with Crippen LogP contribution in [0, 0.1) is 11.3 Å². The molecule has 0 fully saturated rings. The van der Waals surface area contributed by atoms with E-state index in [1.165, 1.54) is 18.4 Å². The van der Waals surface area contributed by atoms with Crippen molar-refractivity contribution in [2.75, 3.05) is 7.11 Å². The van der Waals surface area contributed by atoms with Crippen molar-refractivity contribution < 1.29 is 9.53 Å². The van der Waals surface area contributed by atoms with Gasteiger partial charge >= 0.3 is 5.97 Å². The fourth-order valence-electron chi connectivity index (χ4n) is 0.835. The molecule has 1 rings (SSSR count). The minimum atomic E-state index is -0.450. The van der Waals surface area contributed by atoms with Crippen LogP contribution in [-0.2, 0) is 10.1 Å². The third kappa shape index (κ3) is 2.08. The number of carbonyl (C=O) groups excluding carboxylic acids is 1. The van der Waals surface area contributed by atoms with E-state index in [1.807, 2.05) is 6.07 Å². The number of nitriles is 1. The molecule has 0 aliphatic heterocycles. The molecule has 0 saturated carbocycles. The van der Waals surface area contributed by atoms with Crippen LogP contribution in [0.1, 0.15) is 20.1 Å². The molecule has 0 spiro atoms. The van der Waals surface area contributed by atoms with Crippen LogP contribution in [0.3, 0.4) is 0 Å². The normalized spacial score (nSPS) is 9.31. The summed E-state index contributed by atoms with van der Waals surface area (Å²) < 4.78 is 4.54. The van der Waals surface area contributed by atoms with Gasteiger partial charge in [0.05, 0.1) is 12.7 Å². The average Bonchev–Trinajstić information content (AvgIpc) is 2.59. The highest BCUT2D eigenvalue weighted by Crippen LogP contribution is 2.24. The van der Waals surface area contributed by atoms with E-state index < -0.39 is 5.97 Å². The molecule has 0 aromatic carbocycles. The van der Waals surface area contributed by atoms with Crippen LogP contribution in [0.5, 0.6) is 0 Å². The van der Waals surface area contributed by atoms with E-state index in [0.717, 1.165) is 4.88 Å². The lowest BCUT2D eigenvalue weighted by Gasteiger charge is -1.93. The second kappa shape index (κ2) is 4.40. The first-order valence-electron chi connectivity index (χ1n) is 3.40. The van der Waals surface area contributed by atoms with Crippen molar-refractivity contribution in [3.8, 4) is 6.07 Å². The first-order chi connectivity index (χ1) is 6.22. The van der Waals surface area contributed by atoms with Crippen molar-refractivity contribution in [3.05, 3.63) is 21.4 Å². The fourth-order valence-corrected chi connectivity index (χ4v) is 2.22. The van der Waals surface area contributed by atoms with Crippen molar-refractivity contribution >= 4 is 33.2 Å². The van der Waals surface area contributed by atoms with Crippen LogP contribution in [0.25, 0.3) is 0 Å². The predicted molar refractivity (Wildman–Crippen MR) is 53.0 cm³/mol. The Balaban J connectivity index is 3.13. The SMILES string of the molecule is COC(=O)c1sc(CBr)cc1C#N. The Morgan fingerprint density at radius 1 is 1.85 bits per heavy atom. The monoisotopic (exact) mass is 259 g/mol. The molecule has 0 aliphatic rings. The van der Waals surface area contributed by atoms with E-state index in [9.17, 15) is 4.79 Å². The number of alkyl halides is 1. The molecule has 1 aromatic heterocycles. The summed E-state index contributed by atoms with van der Waals surface area (Å²) in [6.45, 7) is 0. The molecular formula is C8H6BrNO2S. The third-order valence-electron chi connectivity index (χ3n) is 1.41. The van der Waals surface area contributed by atoms with E-state index in [0.29, 0.717) is 15.8 Å². The zero-order chi connectivity index (χ0) is 9.84. The summed E-state index contributed by atoms with van der Waals surface area (Å²) in [7, 11) is 1.30. The first kappa shape index (κ1) is 10.2. The van der Waals surface area contributed by atoms with Crippen LogP contribution < -0.4 is 0 Å². The Morgan fingerprint density at radius 2 is 2.54 bits per heavy atom. The van der Waals surface area contributed by atoms with Crippen molar-refractivity contribution in [1.29, 1.82) is 5.26 Å². The lowest BCUT2D eigenvalue weighted by atomic mass is 10.2. The highest BCUT2D eigenvalue weighted by molar-refractivity contribution is 9.08. The number of hydrogen-bond donors (Lipinski definition) is 0. The van der Waals surface area contributed by atoms with Gasteiger partial charge in [-0.1, -0.05) is 15.9 Å². The summed E-state index contributed by atoms with van der Waals surface area (Å²) in [5.74, 6) is -0.450. The molecule has 0 N–H and O–H groups in total. The molecule has 0 unspecified atom stereocenters. The molecule has 5 heteroatoms. The van der Waals surface area contributed by atoms with Gasteiger partial charge in [-0.3, -0.25) is 0 Å². The highest BCUT2D eigenvalue weighted by atomic mass is 79.9. The van der Waals surface area contributed by atoms with E-state index in [2.05, 4.69) is 20.7 Å². The zero-order valence-electron chi connectivity index (χ0n) is 6.83. The number of nitrogens with zero attached hydrogens (tertiary/aromatic N) is 1. The number of rotatable bonds is 2. The van der Waals surface area contributed by atoms with Crippen LogP contribution in [-0.4, -0.2) is 13.1 Å². The lowest BCUT2D eigenvalue weighted by molar-refractivity contribution is 0.0606. The first-order valence-corrected chi connectivity index (χ1v) is 5.33. The Kier molecular flexibility index (Phi) is 3.46. The van der Waals surface area contributed by atoms with Gasteiger partial charge < -0.3 is 4.74 Å². The fraction of sp³-hybridized carbons (Fsp3) is 0.250. The van der Waals surface area contributed by atoms with E-state index in [1.54, 1.807) is 6.07 Å². The van der Waals surface area contributed by atoms with Crippen LogP contribution in [0.4, 0.5) is 0 Å².